The molecule has 2 unspecified atom stereocenters. The van der Waals surface area contributed by atoms with E-state index >= 15 is 0 Å². The van der Waals surface area contributed by atoms with E-state index in [1.165, 1.54) is 15.4 Å². The Balaban J connectivity index is 1.60. The molecule has 1 saturated heterocycles. The molecule has 0 aromatic heterocycles. The zero-order valence-electron chi connectivity index (χ0n) is 18.5. The van der Waals surface area contributed by atoms with Crippen molar-refractivity contribution in [1.29, 1.82) is 5.41 Å². The van der Waals surface area contributed by atoms with Gasteiger partial charge in [-0.3, -0.25) is 9.00 Å². The van der Waals surface area contributed by atoms with Crippen LogP contribution in [0.4, 0.5) is 5.69 Å². The maximum atomic E-state index is 13.4. The molecule has 1 aliphatic heterocycles. The van der Waals surface area contributed by atoms with E-state index in [0.717, 1.165) is 19.1 Å². The number of amides is 1. The molecule has 1 aliphatic carbocycles. The number of allylic oxidation sites excluding steroid dienone is 1. The van der Waals surface area contributed by atoms with Crippen molar-refractivity contribution < 1.29 is 18.3 Å². The number of aryl methyl sites for hydroxylation is 1. The number of ether oxygens (including phenoxy) is 1. The van der Waals surface area contributed by atoms with Crippen LogP contribution >= 0.6 is 11.6 Å². The molecule has 10 heteroatoms. The fourth-order valence-corrected chi connectivity index (χ4v) is 4.95. The molecule has 1 heterocycles. The number of piperazine rings is 1. The van der Waals surface area contributed by atoms with Gasteiger partial charge in [-0.1, -0.05) is 41.9 Å². The number of nitrogens with one attached hydrogen (secondary N) is 2. The molecule has 180 valence electrons. The molecule has 0 bridgehead atoms. The number of hydrogen-bond acceptors (Lipinski definition) is 6. The fourth-order valence-electron chi connectivity index (χ4n) is 4.29. The number of anilines is 1. The third kappa shape index (κ3) is 5.85. The minimum Gasteiger partial charge on any atom is -0.760 e. The van der Waals surface area contributed by atoms with Crippen LogP contribution in [0.3, 0.4) is 0 Å². The van der Waals surface area contributed by atoms with E-state index in [1.54, 1.807) is 24.3 Å². The van der Waals surface area contributed by atoms with E-state index < -0.39 is 17.2 Å². The third-order valence-electron chi connectivity index (χ3n) is 6.03. The van der Waals surface area contributed by atoms with Crippen LogP contribution < -0.4 is 5.32 Å². The van der Waals surface area contributed by atoms with Crippen molar-refractivity contribution in [3.05, 3.63) is 76.1 Å². The van der Waals surface area contributed by atoms with Crippen molar-refractivity contribution in [2.24, 2.45) is 0 Å². The molecule has 4 rings (SSSR count). The van der Waals surface area contributed by atoms with Gasteiger partial charge >= 0.3 is 0 Å². The molecule has 8 nitrogen and oxygen atoms in total. The minimum absolute atomic E-state index is 0.0519. The number of nitrogens with zero attached hydrogens (tertiary/aromatic N) is 2. The van der Waals surface area contributed by atoms with Crippen LogP contribution in [0.1, 0.15) is 17.5 Å². The van der Waals surface area contributed by atoms with Crippen LogP contribution in [0.25, 0.3) is 0 Å². The van der Waals surface area contributed by atoms with Gasteiger partial charge in [0.05, 0.1) is 0 Å². The Morgan fingerprint density at radius 3 is 2.56 bits per heavy atom. The highest BCUT2D eigenvalue weighted by Gasteiger charge is 2.29. The zero-order chi connectivity index (χ0) is 24.1. The van der Waals surface area contributed by atoms with Gasteiger partial charge in [-0.05, 0) is 42.2 Å². The second-order valence-corrected chi connectivity index (χ2v) is 9.59. The van der Waals surface area contributed by atoms with Crippen LogP contribution in [-0.4, -0.2) is 62.4 Å². The SMILES string of the molecule is N=CC(=C(OC1CCc2ccccc2C1)C(=O)Nc1cccc(Cl)c1)N1CCN(S(=O)[O-])CC1. The van der Waals surface area contributed by atoms with Gasteiger partial charge in [-0.2, -0.15) is 0 Å². The first-order valence-corrected chi connectivity index (χ1v) is 12.5. The average molecular weight is 502 g/mol. The highest BCUT2D eigenvalue weighted by Crippen LogP contribution is 2.27. The fraction of sp³-hybridized carbons (Fsp3) is 0.333. The third-order valence-corrected chi connectivity index (χ3v) is 7.06. The summed E-state index contributed by atoms with van der Waals surface area (Å²) < 4.78 is 30.2. The molecule has 34 heavy (non-hydrogen) atoms. The van der Waals surface area contributed by atoms with Crippen molar-refractivity contribution in [1.82, 2.24) is 9.21 Å². The van der Waals surface area contributed by atoms with E-state index in [0.29, 0.717) is 35.9 Å². The molecule has 2 atom stereocenters. The summed E-state index contributed by atoms with van der Waals surface area (Å²) in [4.78, 5) is 15.2. The van der Waals surface area contributed by atoms with E-state index in [-0.39, 0.29) is 25.0 Å². The van der Waals surface area contributed by atoms with E-state index in [2.05, 4.69) is 17.4 Å². The largest absolute Gasteiger partial charge is 0.760 e. The monoisotopic (exact) mass is 501 g/mol. The molecule has 1 amide bonds. The number of carbonyl (C=O) groups excluding carboxylic acids is 1. The molecule has 2 N–H and O–H groups in total. The molecule has 0 saturated carbocycles. The molecule has 2 aromatic carbocycles. The lowest BCUT2D eigenvalue weighted by molar-refractivity contribution is -0.117. The molecule has 0 radical (unpaired) electrons. The predicted molar refractivity (Wildman–Crippen MR) is 131 cm³/mol. The summed E-state index contributed by atoms with van der Waals surface area (Å²) in [6, 6.07) is 15.0. The Bertz CT molecular complexity index is 1120. The van der Waals surface area contributed by atoms with Gasteiger partial charge in [-0.25, -0.2) is 4.31 Å². The average Bonchev–Trinajstić information content (AvgIpc) is 2.84. The molecule has 2 aliphatic rings. The first kappa shape index (κ1) is 24.4. The van der Waals surface area contributed by atoms with Gasteiger partial charge in [0.2, 0.25) is 5.76 Å². The number of halogens is 1. The summed E-state index contributed by atoms with van der Waals surface area (Å²) in [5.74, 6) is -0.425. The van der Waals surface area contributed by atoms with Crippen molar-refractivity contribution >= 4 is 40.7 Å². The Labute approximate surface area is 206 Å². The van der Waals surface area contributed by atoms with E-state index in [9.17, 15) is 13.6 Å². The standard InChI is InChI=1S/C24H27ClN4O4S/c25-19-6-3-7-20(15-19)27-24(30)23(22(16-26)28-10-12-29(13-11-28)34(31)32)33-21-9-8-17-4-1-2-5-18(17)14-21/h1-7,15-16,21,26H,8-14H2,(H,27,30)(H,31,32)/p-1. The maximum absolute atomic E-state index is 13.4. The Hall–Kier alpha value is -2.72. The number of fused-ring (bicyclic) bond motifs is 1. The lowest BCUT2D eigenvalue weighted by atomic mass is 9.90. The first-order chi connectivity index (χ1) is 16.4. The van der Waals surface area contributed by atoms with E-state index in [4.69, 9.17) is 21.7 Å². The van der Waals surface area contributed by atoms with Crippen molar-refractivity contribution in [2.45, 2.75) is 25.4 Å². The number of rotatable bonds is 7. The summed E-state index contributed by atoms with van der Waals surface area (Å²) in [7, 11) is 0. The Kier molecular flexibility index (Phi) is 7.99. The molecular formula is C24H26ClN4O4S-. The second-order valence-electron chi connectivity index (χ2n) is 8.21. The predicted octanol–water partition coefficient (Wildman–Crippen LogP) is 3.13. The lowest BCUT2D eigenvalue weighted by Gasteiger charge is -2.37. The van der Waals surface area contributed by atoms with Gasteiger partial charge in [0.25, 0.3) is 5.91 Å². The summed E-state index contributed by atoms with van der Waals surface area (Å²) in [5, 5.41) is 11.4. The quantitative estimate of drug-likeness (QED) is 0.262. The number of hydrogen-bond donors (Lipinski definition) is 2. The first-order valence-electron chi connectivity index (χ1n) is 11.1. The van der Waals surface area contributed by atoms with Crippen molar-refractivity contribution in [2.75, 3.05) is 31.5 Å². The van der Waals surface area contributed by atoms with Crippen LogP contribution in [0.2, 0.25) is 5.02 Å². The van der Waals surface area contributed by atoms with Crippen LogP contribution in [0.15, 0.2) is 60.0 Å². The smallest absolute Gasteiger partial charge is 0.293 e. The van der Waals surface area contributed by atoms with Gasteiger partial charge in [0, 0.05) is 60.8 Å². The molecule has 2 aromatic rings. The molecular weight excluding hydrogens is 476 g/mol. The number of benzene rings is 2. The topological polar surface area (TPSA) is 109 Å². The second kappa shape index (κ2) is 11.1. The highest BCUT2D eigenvalue weighted by molar-refractivity contribution is 7.76. The Morgan fingerprint density at radius 2 is 1.88 bits per heavy atom. The van der Waals surface area contributed by atoms with Crippen LogP contribution in [0.5, 0.6) is 0 Å². The summed E-state index contributed by atoms with van der Waals surface area (Å²) in [6.07, 6.45) is 3.14. The van der Waals surface area contributed by atoms with Gasteiger partial charge in [0.1, 0.15) is 11.8 Å². The Morgan fingerprint density at radius 1 is 1.15 bits per heavy atom. The zero-order valence-corrected chi connectivity index (χ0v) is 20.1. The minimum atomic E-state index is -2.30. The van der Waals surface area contributed by atoms with Crippen LogP contribution in [-0.2, 0) is 33.6 Å². The highest BCUT2D eigenvalue weighted by atomic mass is 35.5. The number of carbonyl (C=O) groups is 1. The van der Waals surface area contributed by atoms with Gasteiger partial charge < -0.3 is 24.9 Å². The lowest BCUT2D eigenvalue weighted by Crippen LogP contribution is -2.47. The van der Waals surface area contributed by atoms with E-state index in [1.807, 2.05) is 17.0 Å². The molecule has 0 spiro atoms. The molecule has 1 fully saturated rings. The normalized spacial score (nSPS) is 20.1. The van der Waals surface area contributed by atoms with Crippen LogP contribution in [0, 0.1) is 5.41 Å². The van der Waals surface area contributed by atoms with Crippen molar-refractivity contribution in [3.63, 3.8) is 0 Å². The van der Waals surface area contributed by atoms with Gasteiger partial charge in [-0.15, -0.1) is 0 Å². The summed E-state index contributed by atoms with van der Waals surface area (Å²) in [6.45, 7) is 1.24. The summed E-state index contributed by atoms with van der Waals surface area (Å²) >= 11 is 3.77. The summed E-state index contributed by atoms with van der Waals surface area (Å²) in [5.41, 5.74) is 3.32. The van der Waals surface area contributed by atoms with Crippen molar-refractivity contribution in [3.8, 4) is 0 Å². The van der Waals surface area contributed by atoms with Gasteiger partial charge in [0.15, 0.2) is 0 Å². The maximum Gasteiger partial charge on any atom is 0.293 e.